The molecule has 2 aliphatic carbocycles. The van der Waals surface area contributed by atoms with Gasteiger partial charge in [0, 0.05) is 28.0 Å². The van der Waals surface area contributed by atoms with Crippen molar-refractivity contribution >= 4 is 18.2 Å². The molecule has 0 saturated heterocycles. The summed E-state index contributed by atoms with van der Waals surface area (Å²) in [4.78, 5) is 17.9. The molecule has 0 spiro atoms. The summed E-state index contributed by atoms with van der Waals surface area (Å²) in [7, 11) is 0. The second-order valence-corrected chi connectivity index (χ2v) is 20.4. The van der Waals surface area contributed by atoms with Crippen LogP contribution in [0.3, 0.4) is 0 Å². The van der Waals surface area contributed by atoms with E-state index >= 15 is 0 Å². The number of rotatable bonds is 27. The molecule has 0 bridgehead atoms. The van der Waals surface area contributed by atoms with Crippen molar-refractivity contribution in [2.45, 2.75) is 218 Å². The van der Waals surface area contributed by atoms with E-state index in [9.17, 15) is 4.79 Å². The molecule has 2 unspecified atom stereocenters. The SMILES string of the molecule is CCCCCCC1(CCCCCC)c2cc(/N=C/c3ccc4c(c3)C(CCCCCC)(CCCCCC)c3cc(C(C)(C=O)CC)ccc3-4)ccc2-c2ccc(C(C)(N)CC)cc21. The van der Waals surface area contributed by atoms with Crippen molar-refractivity contribution < 1.29 is 4.79 Å². The average Bonchev–Trinajstić information content (AvgIpc) is 3.73. The highest BCUT2D eigenvalue weighted by molar-refractivity contribution is 5.89. The number of fused-ring (bicyclic) bond motifs is 6. The van der Waals surface area contributed by atoms with Crippen molar-refractivity contribution in [2.75, 3.05) is 0 Å². The van der Waals surface area contributed by atoms with Gasteiger partial charge in [-0.2, -0.15) is 0 Å². The summed E-state index contributed by atoms with van der Waals surface area (Å²) in [6, 6.07) is 28.5. The molecular weight excluding hydrogens is 765 g/mol. The summed E-state index contributed by atoms with van der Waals surface area (Å²) in [6.45, 7) is 17.9. The molecule has 0 heterocycles. The zero-order valence-electron chi connectivity index (χ0n) is 41.1. The molecule has 0 radical (unpaired) electrons. The fourth-order valence-corrected chi connectivity index (χ4v) is 11.3. The van der Waals surface area contributed by atoms with Crippen LogP contribution in [0.5, 0.6) is 0 Å². The maximum absolute atomic E-state index is 12.6. The molecular formula is C60H84N2O. The maximum Gasteiger partial charge on any atom is 0.130 e. The monoisotopic (exact) mass is 849 g/mol. The summed E-state index contributed by atoms with van der Waals surface area (Å²) in [5.74, 6) is 0. The first kappa shape index (κ1) is 48.6. The van der Waals surface area contributed by atoms with Crippen LogP contribution in [-0.2, 0) is 26.6 Å². The molecule has 0 fully saturated rings. The second-order valence-electron chi connectivity index (χ2n) is 20.4. The fraction of sp³-hybridized carbons (Fsp3) is 0.567. The van der Waals surface area contributed by atoms with Gasteiger partial charge in [0.05, 0.1) is 5.69 Å². The van der Waals surface area contributed by atoms with Crippen molar-refractivity contribution in [3.8, 4) is 22.3 Å². The van der Waals surface area contributed by atoms with Crippen LogP contribution in [-0.4, -0.2) is 12.5 Å². The first-order valence-electron chi connectivity index (χ1n) is 25.9. The van der Waals surface area contributed by atoms with Gasteiger partial charge in [-0.25, -0.2) is 0 Å². The molecule has 63 heavy (non-hydrogen) atoms. The molecule has 3 nitrogen and oxygen atoms in total. The lowest BCUT2D eigenvalue weighted by Crippen LogP contribution is -2.33. The van der Waals surface area contributed by atoms with E-state index in [2.05, 4.69) is 134 Å². The minimum Gasteiger partial charge on any atom is -0.322 e. The molecule has 4 aromatic carbocycles. The standard InChI is InChI=1S/C60H84N2O/c1-9-15-19-23-35-59(36-24-20-16-10-2)53-39-45(27-31-49(53)50-32-28-46(40-54(50)59)57(7,13-5)44-63)43-62-48-30-34-52-51-33-29-47(58(8,61)14-6)41-55(51)60(56(52)42-48,37-25-21-17-11-3)38-26-22-18-12-4/h27-34,39-44H,9-26,35-38,61H2,1-8H3/b62-43+. The van der Waals surface area contributed by atoms with Crippen LogP contribution >= 0.6 is 0 Å². The molecule has 0 amide bonds. The number of carbonyl (C=O) groups is 1. The third kappa shape index (κ3) is 10.2. The number of unbranched alkanes of at least 4 members (excludes halogenated alkanes) is 12. The van der Waals surface area contributed by atoms with E-state index in [4.69, 9.17) is 10.7 Å². The van der Waals surface area contributed by atoms with Crippen LogP contribution < -0.4 is 5.73 Å². The van der Waals surface area contributed by atoms with E-state index in [1.54, 1.807) is 0 Å². The predicted octanol–water partition coefficient (Wildman–Crippen LogP) is 17.3. The predicted molar refractivity (Wildman–Crippen MR) is 273 cm³/mol. The van der Waals surface area contributed by atoms with Gasteiger partial charge < -0.3 is 10.5 Å². The van der Waals surface area contributed by atoms with Gasteiger partial charge >= 0.3 is 0 Å². The number of aldehydes is 1. The summed E-state index contributed by atoms with van der Waals surface area (Å²) in [5, 5.41) is 0. The number of nitrogens with two attached hydrogens (primary N) is 1. The Morgan fingerprint density at radius 3 is 1.35 bits per heavy atom. The van der Waals surface area contributed by atoms with Gasteiger partial charge in [-0.15, -0.1) is 0 Å². The number of hydrogen-bond donors (Lipinski definition) is 1. The maximum atomic E-state index is 12.6. The lowest BCUT2D eigenvalue weighted by Gasteiger charge is -2.34. The molecule has 0 saturated carbocycles. The third-order valence-corrected chi connectivity index (χ3v) is 16.0. The summed E-state index contributed by atoms with van der Waals surface area (Å²) in [5.41, 5.74) is 22.0. The van der Waals surface area contributed by atoms with Gasteiger partial charge in [0.25, 0.3) is 0 Å². The molecule has 4 aromatic rings. The summed E-state index contributed by atoms with van der Waals surface area (Å²) < 4.78 is 0. The Bertz CT molecular complexity index is 2130. The van der Waals surface area contributed by atoms with Crippen molar-refractivity contribution in [3.05, 3.63) is 112 Å². The zero-order valence-corrected chi connectivity index (χ0v) is 41.1. The lowest BCUT2D eigenvalue weighted by molar-refractivity contribution is -0.112. The Morgan fingerprint density at radius 1 is 0.492 bits per heavy atom. The van der Waals surface area contributed by atoms with Crippen molar-refractivity contribution in [2.24, 2.45) is 10.7 Å². The quantitative estimate of drug-likeness (QED) is 0.0369. The Morgan fingerprint density at radius 2 is 0.905 bits per heavy atom. The largest absolute Gasteiger partial charge is 0.322 e. The highest BCUT2D eigenvalue weighted by Gasteiger charge is 2.45. The third-order valence-electron chi connectivity index (χ3n) is 16.0. The highest BCUT2D eigenvalue weighted by atomic mass is 16.1. The van der Waals surface area contributed by atoms with E-state index in [-0.39, 0.29) is 16.4 Å². The smallest absolute Gasteiger partial charge is 0.130 e. The molecule has 2 atom stereocenters. The molecule has 340 valence electrons. The Hall–Kier alpha value is -3.82. The summed E-state index contributed by atoms with van der Waals surface area (Å²) in [6.07, 6.45) is 29.6. The normalized spacial score (nSPS) is 16.3. The van der Waals surface area contributed by atoms with Gasteiger partial charge in [0.15, 0.2) is 0 Å². The minimum atomic E-state index is -0.486. The first-order valence-corrected chi connectivity index (χ1v) is 25.9. The van der Waals surface area contributed by atoms with Crippen LogP contribution in [0, 0.1) is 0 Å². The van der Waals surface area contributed by atoms with Gasteiger partial charge in [-0.05, 0) is 132 Å². The lowest BCUT2D eigenvalue weighted by atomic mass is 9.69. The summed E-state index contributed by atoms with van der Waals surface area (Å²) >= 11 is 0. The minimum absolute atomic E-state index is 0.0391. The number of nitrogens with zero attached hydrogens (tertiary/aromatic N) is 1. The molecule has 2 aliphatic rings. The number of hydrogen-bond acceptors (Lipinski definition) is 3. The van der Waals surface area contributed by atoms with Gasteiger partial charge in [0.1, 0.15) is 6.29 Å². The van der Waals surface area contributed by atoms with Gasteiger partial charge in [0.2, 0.25) is 0 Å². The van der Waals surface area contributed by atoms with Crippen LogP contribution in [0.2, 0.25) is 0 Å². The van der Waals surface area contributed by atoms with Gasteiger partial charge in [-0.3, -0.25) is 4.99 Å². The van der Waals surface area contributed by atoms with Crippen LogP contribution in [0.15, 0.2) is 77.8 Å². The van der Waals surface area contributed by atoms with E-state index < -0.39 is 5.41 Å². The second kappa shape index (κ2) is 21.9. The number of aliphatic imine (C=N–C) groups is 1. The zero-order chi connectivity index (χ0) is 45.1. The topological polar surface area (TPSA) is 55.5 Å². The van der Waals surface area contributed by atoms with Crippen LogP contribution in [0.1, 0.15) is 236 Å². The number of benzene rings is 4. The van der Waals surface area contributed by atoms with E-state index in [0.29, 0.717) is 0 Å². The highest BCUT2D eigenvalue weighted by Crippen LogP contribution is 2.57. The Kier molecular flexibility index (Phi) is 16.9. The van der Waals surface area contributed by atoms with E-state index in [0.717, 1.165) is 36.9 Å². The van der Waals surface area contributed by atoms with Crippen molar-refractivity contribution in [1.82, 2.24) is 0 Å². The molecule has 6 rings (SSSR count). The fourth-order valence-electron chi connectivity index (χ4n) is 11.3. The van der Waals surface area contributed by atoms with Crippen LogP contribution in [0.4, 0.5) is 5.69 Å². The van der Waals surface area contributed by atoms with Gasteiger partial charge in [-0.1, -0.05) is 199 Å². The van der Waals surface area contributed by atoms with Crippen molar-refractivity contribution in [1.29, 1.82) is 0 Å². The number of carbonyl (C=O) groups excluding carboxylic acids is 1. The van der Waals surface area contributed by atoms with E-state index in [1.807, 2.05) is 0 Å². The average molecular weight is 849 g/mol. The Labute approximate surface area is 384 Å². The molecule has 0 aromatic heterocycles. The molecule has 3 heteroatoms. The first-order chi connectivity index (χ1) is 30.5. The van der Waals surface area contributed by atoms with E-state index in [1.165, 1.54) is 177 Å². The van der Waals surface area contributed by atoms with Crippen LogP contribution in [0.25, 0.3) is 22.3 Å². The molecule has 2 N–H and O–H groups in total. The molecule has 0 aliphatic heterocycles. The Balaban J connectivity index is 1.43. The van der Waals surface area contributed by atoms with Crippen molar-refractivity contribution in [3.63, 3.8) is 0 Å².